The van der Waals surface area contributed by atoms with Gasteiger partial charge in [0, 0.05) is 11.7 Å². The predicted molar refractivity (Wildman–Crippen MR) is 138 cm³/mol. The van der Waals surface area contributed by atoms with Gasteiger partial charge < -0.3 is 25.0 Å². The molecule has 0 aliphatic heterocycles. The van der Waals surface area contributed by atoms with E-state index in [9.17, 15) is 14.7 Å². The van der Waals surface area contributed by atoms with Crippen LogP contribution in [0.25, 0.3) is 10.4 Å². The minimum absolute atomic E-state index is 0.0343. The molecule has 2 aromatic carbocycles. The molecule has 35 heavy (non-hydrogen) atoms. The predicted octanol–water partition coefficient (Wildman–Crippen LogP) is 6.28. The molecule has 1 heterocycles. The summed E-state index contributed by atoms with van der Waals surface area (Å²) in [6.45, 7) is 0.0201. The molecule has 1 aliphatic carbocycles. The molecule has 1 aliphatic rings. The number of nitrogens with one attached hydrogen (secondary N) is 1. The van der Waals surface area contributed by atoms with E-state index in [-0.39, 0.29) is 16.7 Å². The van der Waals surface area contributed by atoms with Gasteiger partial charge in [-0.2, -0.15) is 0 Å². The maximum Gasteiger partial charge on any atom is 0.349 e. The van der Waals surface area contributed by atoms with Crippen LogP contribution in [0.3, 0.4) is 0 Å². The largest absolute Gasteiger partial charge is 0.479 e. The standard InChI is InChI=1S/C26H26BrNO6S/c27-22-23(34-15-21(29)30)25(26(31)32)35-24(22)17-7-4-8-19(13-17)28-18-9-11-20(12-10-18)33-14-16-5-2-1-3-6-16/h1-8,13,18,20,28H,9-12,14-15H2,(H,29,30)(H,31,32)/t18-,20+. The third-order valence-corrected chi connectivity index (χ3v) is 8.07. The SMILES string of the molecule is O=C(O)COc1c(C(=O)O)sc(-c2cccc(N[C@H]3CC[C@@H](OCc4ccccc4)CC3)c2)c1Br. The quantitative estimate of drug-likeness (QED) is 0.268. The van der Waals surface area contributed by atoms with E-state index in [1.54, 1.807) is 0 Å². The number of anilines is 1. The van der Waals surface area contributed by atoms with E-state index >= 15 is 0 Å². The van der Waals surface area contributed by atoms with Crippen LogP contribution in [0, 0.1) is 0 Å². The lowest BCUT2D eigenvalue weighted by atomic mass is 9.92. The van der Waals surface area contributed by atoms with Crippen molar-refractivity contribution in [3.05, 3.63) is 69.5 Å². The van der Waals surface area contributed by atoms with Gasteiger partial charge in [0.25, 0.3) is 0 Å². The maximum absolute atomic E-state index is 11.7. The Morgan fingerprint density at radius 2 is 1.77 bits per heavy atom. The molecule has 3 aromatic rings. The molecular weight excluding hydrogens is 534 g/mol. The normalized spacial score (nSPS) is 17.6. The monoisotopic (exact) mass is 559 g/mol. The molecule has 3 N–H and O–H groups in total. The zero-order valence-electron chi connectivity index (χ0n) is 18.9. The number of thiophene rings is 1. The van der Waals surface area contributed by atoms with Crippen LogP contribution in [0.2, 0.25) is 0 Å². The molecule has 0 amide bonds. The number of halogens is 1. The Kier molecular flexibility index (Phi) is 8.43. The highest BCUT2D eigenvalue weighted by Gasteiger charge is 2.25. The number of benzene rings is 2. The molecular formula is C26H26BrNO6S. The van der Waals surface area contributed by atoms with E-state index in [1.807, 2.05) is 42.5 Å². The topological polar surface area (TPSA) is 105 Å². The van der Waals surface area contributed by atoms with E-state index in [0.29, 0.717) is 22.0 Å². The first-order valence-electron chi connectivity index (χ1n) is 11.3. The fraction of sp³-hybridized carbons (Fsp3) is 0.308. The van der Waals surface area contributed by atoms with Gasteiger partial charge in [-0.3, -0.25) is 0 Å². The fourth-order valence-corrected chi connectivity index (χ4v) is 6.02. The second-order valence-electron chi connectivity index (χ2n) is 8.39. The van der Waals surface area contributed by atoms with Crippen molar-refractivity contribution in [2.24, 2.45) is 0 Å². The van der Waals surface area contributed by atoms with Crippen molar-refractivity contribution in [1.29, 1.82) is 0 Å². The summed E-state index contributed by atoms with van der Waals surface area (Å²) < 4.78 is 11.8. The van der Waals surface area contributed by atoms with E-state index in [0.717, 1.165) is 48.3 Å². The zero-order chi connectivity index (χ0) is 24.8. The Hall–Kier alpha value is -2.88. The van der Waals surface area contributed by atoms with Crippen molar-refractivity contribution in [2.45, 2.75) is 44.4 Å². The Labute approximate surface area is 215 Å². The first-order valence-corrected chi connectivity index (χ1v) is 12.9. The van der Waals surface area contributed by atoms with Gasteiger partial charge in [0.05, 0.1) is 22.1 Å². The number of hydrogen-bond donors (Lipinski definition) is 3. The molecule has 0 atom stereocenters. The summed E-state index contributed by atoms with van der Waals surface area (Å²) in [7, 11) is 0. The van der Waals surface area contributed by atoms with Crippen LogP contribution in [0.15, 0.2) is 59.1 Å². The first kappa shape index (κ1) is 25.2. The van der Waals surface area contributed by atoms with E-state index in [4.69, 9.17) is 14.6 Å². The van der Waals surface area contributed by atoms with Gasteiger partial charge in [-0.05, 0) is 64.9 Å². The third kappa shape index (κ3) is 6.62. The Morgan fingerprint density at radius 3 is 2.46 bits per heavy atom. The van der Waals surface area contributed by atoms with Crippen molar-refractivity contribution in [2.75, 3.05) is 11.9 Å². The molecule has 0 bridgehead atoms. The van der Waals surface area contributed by atoms with Crippen molar-refractivity contribution in [3.8, 4) is 16.2 Å². The molecule has 1 aromatic heterocycles. The highest BCUT2D eigenvalue weighted by molar-refractivity contribution is 9.10. The van der Waals surface area contributed by atoms with Crippen LogP contribution >= 0.6 is 27.3 Å². The van der Waals surface area contributed by atoms with Crippen molar-refractivity contribution >= 4 is 44.9 Å². The maximum atomic E-state index is 11.7. The summed E-state index contributed by atoms with van der Waals surface area (Å²) in [5.41, 5.74) is 2.95. The molecule has 0 unspecified atom stereocenters. The lowest BCUT2D eigenvalue weighted by molar-refractivity contribution is -0.139. The van der Waals surface area contributed by atoms with Crippen LogP contribution in [0.1, 0.15) is 40.9 Å². The van der Waals surface area contributed by atoms with Crippen LogP contribution in [-0.2, 0) is 16.1 Å². The lowest BCUT2D eigenvalue weighted by Gasteiger charge is -2.30. The second-order valence-corrected chi connectivity index (χ2v) is 10.2. The average molecular weight is 560 g/mol. The summed E-state index contributed by atoms with van der Waals surface area (Å²) in [5, 5.41) is 22.1. The highest BCUT2D eigenvalue weighted by Crippen LogP contribution is 2.46. The number of ether oxygens (including phenoxy) is 2. The number of aliphatic carboxylic acids is 1. The fourth-order valence-electron chi connectivity index (χ4n) is 4.13. The van der Waals surface area contributed by atoms with Gasteiger partial charge in [-0.15, -0.1) is 11.3 Å². The average Bonchev–Trinajstić information content (AvgIpc) is 3.19. The van der Waals surface area contributed by atoms with Gasteiger partial charge in [0.15, 0.2) is 17.2 Å². The van der Waals surface area contributed by atoms with Gasteiger partial charge in [-0.25, -0.2) is 9.59 Å². The van der Waals surface area contributed by atoms with Crippen molar-refractivity contribution in [3.63, 3.8) is 0 Å². The van der Waals surface area contributed by atoms with E-state index < -0.39 is 18.5 Å². The number of hydrogen-bond acceptors (Lipinski definition) is 6. The van der Waals surface area contributed by atoms with Gasteiger partial charge in [0.2, 0.25) is 0 Å². The molecule has 1 fully saturated rings. The minimum Gasteiger partial charge on any atom is -0.479 e. The summed E-state index contributed by atoms with van der Waals surface area (Å²) in [5.74, 6) is -2.30. The van der Waals surface area contributed by atoms with Crippen LogP contribution in [0.4, 0.5) is 5.69 Å². The Morgan fingerprint density at radius 1 is 1.03 bits per heavy atom. The van der Waals surface area contributed by atoms with Gasteiger partial charge >= 0.3 is 11.9 Å². The van der Waals surface area contributed by atoms with Crippen LogP contribution < -0.4 is 10.1 Å². The number of rotatable bonds is 10. The Balaban J connectivity index is 1.39. The van der Waals surface area contributed by atoms with E-state index in [1.165, 1.54) is 5.56 Å². The van der Waals surface area contributed by atoms with Gasteiger partial charge in [0.1, 0.15) is 0 Å². The molecule has 0 radical (unpaired) electrons. The summed E-state index contributed by atoms with van der Waals surface area (Å²) in [6, 6.07) is 18.3. The second kappa shape index (κ2) is 11.7. The first-order chi connectivity index (χ1) is 16.9. The molecule has 7 nitrogen and oxygen atoms in total. The summed E-state index contributed by atoms with van der Waals surface area (Å²) in [4.78, 5) is 23.2. The number of carboxylic acids is 2. The zero-order valence-corrected chi connectivity index (χ0v) is 21.3. The molecule has 9 heteroatoms. The van der Waals surface area contributed by atoms with Gasteiger partial charge in [-0.1, -0.05) is 42.5 Å². The van der Waals surface area contributed by atoms with Crippen LogP contribution in [-0.4, -0.2) is 40.9 Å². The van der Waals surface area contributed by atoms with Crippen LogP contribution in [0.5, 0.6) is 5.75 Å². The lowest BCUT2D eigenvalue weighted by Crippen LogP contribution is -2.29. The minimum atomic E-state index is -1.17. The molecule has 0 saturated heterocycles. The number of aromatic carboxylic acids is 1. The third-order valence-electron chi connectivity index (χ3n) is 5.84. The molecule has 184 valence electrons. The number of carboxylic acid groups (broad SMARTS) is 2. The molecule has 4 rings (SSSR count). The summed E-state index contributed by atoms with van der Waals surface area (Å²) in [6.07, 6.45) is 4.26. The molecule has 0 spiro atoms. The Bertz CT molecular complexity index is 1170. The smallest absolute Gasteiger partial charge is 0.349 e. The van der Waals surface area contributed by atoms with Crippen molar-refractivity contribution < 1.29 is 29.3 Å². The highest BCUT2D eigenvalue weighted by atomic mass is 79.9. The molecule has 1 saturated carbocycles. The number of carbonyl (C=O) groups is 2. The van der Waals surface area contributed by atoms with Crippen molar-refractivity contribution in [1.82, 2.24) is 0 Å². The summed E-state index contributed by atoms with van der Waals surface area (Å²) >= 11 is 4.46. The van der Waals surface area contributed by atoms with E-state index in [2.05, 4.69) is 33.4 Å².